The Balaban J connectivity index is 2.34. The van der Waals surface area contributed by atoms with Crippen molar-refractivity contribution in [3.8, 4) is 0 Å². The number of rotatable bonds is 3. The molecule has 0 bridgehead atoms. The third kappa shape index (κ3) is 3.29. The van der Waals surface area contributed by atoms with E-state index in [0.717, 1.165) is 12.3 Å². The highest BCUT2D eigenvalue weighted by Gasteiger charge is 2.15. The van der Waals surface area contributed by atoms with Gasteiger partial charge in [0, 0.05) is 12.3 Å². The lowest BCUT2D eigenvalue weighted by atomic mass is 10.3. The molecular formula is C7H13IN2S. The minimum Gasteiger partial charge on any atom is -0.297 e. The molecule has 2 atom stereocenters. The number of nitrogens with zero attached hydrogens (tertiary/aromatic N) is 1. The van der Waals surface area contributed by atoms with Crippen LogP contribution >= 0.6 is 34.4 Å². The topological polar surface area (TPSA) is 24.4 Å². The van der Waals surface area contributed by atoms with Gasteiger partial charge in [0.25, 0.3) is 0 Å². The lowest BCUT2D eigenvalue weighted by Crippen LogP contribution is -2.35. The van der Waals surface area contributed by atoms with E-state index in [1.165, 1.54) is 5.04 Å². The van der Waals surface area contributed by atoms with E-state index in [4.69, 9.17) is 0 Å². The highest BCUT2D eigenvalue weighted by molar-refractivity contribution is 14.1. The molecular weight excluding hydrogens is 271 g/mol. The van der Waals surface area contributed by atoms with Crippen LogP contribution in [-0.2, 0) is 0 Å². The molecule has 1 aliphatic heterocycles. The summed E-state index contributed by atoms with van der Waals surface area (Å²) in [5.41, 5.74) is 0. The molecule has 0 aromatic rings. The van der Waals surface area contributed by atoms with Gasteiger partial charge in [-0.3, -0.25) is 10.3 Å². The maximum Gasteiger partial charge on any atom is 0.0844 e. The van der Waals surface area contributed by atoms with Gasteiger partial charge in [-0.15, -0.1) is 11.8 Å². The van der Waals surface area contributed by atoms with Crippen LogP contribution in [-0.4, -0.2) is 27.4 Å². The van der Waals surface area contributed by atoms with Gasteiger partial charge >= 0.3 is 0 Å². The Morgan fingerprint density at radius 3 is 2.82 bits per heavy atom. The first kappa shape index (κ1) is 9.80. The maximum absolute atomic E-state index is 4.40. The van der Waals surface area contributed by atoms with E-state index in [-0.39, 0.29) is 0 Å². The second-order valence-electron chi connectivity index (χ2n) is 2.57. The molecule has 1 heterocycles. The zero-order chi connectivity index (χ0) is 8.27. The van der Waals surface area contributed by atoms with Gasteiger partial charge in [-0.2, -0.15) is 0 Å². The second kappa shape index (κ2) is 4.67. The third-order valence-corrected chi connectivity index (χ3v) is 2.98. The molecule has 0 saturated heterocycles. The largest absolute Gasteiger partial charge is 0.297 e. The van der Waals surface area contributed by atoms with Crippen molar-refractivity contribution in [2.45, 2.75) is 23.9 Å². The molecule has 1 rings (SSSR count). The van der Waals surface area contributed by atoms with Gasteiger partial charge in [-0.25, -0.2) is 0 Å². The van der Waals surface area contributed by atoms with Crippen LogP contribution in [0.2, 0.25) is 0 Å². The lowest BCUT2D eigenvalue weighted by Gasteiger charge is -2.14. The minimum atomic E-state index is 0.439. The molecule has 0 amide bonds. The number of nitrogens with one attached hydrogen (secondary N) is 1. The average Bonchev–Trinajstić information content (AvgIpc) is 2.35. The van der Waals surface area contributed by atoms with E-state index >= 15 is 0 Å². The van der Waals surface area contributed by atoms with Crippen molar-refractivity contribution in [3.63, 3.8) is 0 Å². The van der Waals surface area contributed by atoms with E-state index in [9.17, 15) is 0 Å². The van der Waals surface area contributed by atoms with Crippen molar-refractivity contribution in [1.29, 1.82) is 0 Å². The van der Waals surface area contributed by atoms with Crippen molar-refractivity contribution in [3.05, 3.63) is 0 Å². The van der Waals surface area contributed by atoms with Crippen molar-refractivity contribution < 1.29 is 0 Å². The molecule has 4 heteroatoms. The van der Waals surface area contributed by atoms with Crippen LogP contribution in [0, 0.1) is 0 Å². The van der Waals surface area contributed by atoms with Gasteiger partial charge < -0.3 is 0 Å². The maximum atomic E-state index is 4.40. The van der Waals surface area contributed by atoms with Gasteiger partial charge in [0.15, 0.2) is 0 Å². The summed E-state index contributed by atoms with van der Waals surface area (Å²) in [5.74, 6) is 1.16. The Bertz CT molecular complexity index is 159. The predicted molar refractivity (Wildman–Crippen MR) is 60.8 cm³/mol. The zero-order valence-electron chi connectivity index (χ0n) is 6.80. The Morgan fingerprint density at radius 1 is 1.64 bits per heavy atom. The summed E-state index contributed by atoms with van der Waals surface area (Å²) in [5, 5.41) is 4.69. The smallest absolute Gasteiger partial charge is 0.0844 e. The molecule has 11 heavy (non-hydrogen) atoms. The number of alkyl halides is 1. The van der Waals surface area contributed by atoms with Crippen molar-refractivity contribution >= 4 is 39.4 Å². The fourth-order valence-corrected chi connectivity index (χ4v) is 2.46. The monoisotopic (exact) mass is 284 g/mol. The average molecular weight is 284 g/mol. The Hall–Kier alpha value is 0.710. The lowest BCUT2D eigenvalue weighted by molar-refractivity contribution is 0.675. The van der Waals surface area contributed by atoms with Crippen LogP contribution < -0.4 is 5.32 Å². The highest BCUT2D eigenvalue weighted by atomic mass is 127. The van der Waals surface area contributed by atoms with Crippen molar-refractivity contribution in [2.75, 3.05) is 12.3 Å². The summed E-state index contributed by atoms with van der Waals surface area (Å²) in [6.07, 6.45) is 0. The summed E-state index contributed by atoms with van der Waals surface area (Å²) in [7, 11) is 0. The molecule has 1 unspecified atom stereocenters. The van der Waals surface area contributed by atoms with Crippen LogP contribution in [0.15, 0.2) is 4.99 Å². The summed E-state index contributed by atoms with van der Waals surface area (Å²) in [4.78, 5) is 4.40. The van der Waals surface area contributed by atoms with Crippen LogP contribution in [0.4, 0.5) is 0 Å². The van der Waals surface area contributed by atoms with E-state index < -0.39 is 0 Å². The van der Waals surface area contributed by atoms with Crippen LogP contribution in [0.1, 0.15) is 13.8 Å². The summed E-state index contributed by atoms with van der Waals surface area (Å²) in [6, 6.07) is 0.439. The molecule has 0 aliphatic carbocycles. The van der Waals surface area contributed by atoms with Gasteiger partial charge in [-0.1, -0.05) is 22.6 Å². The Morgan fingerprint density at radius 2 is 2.36 bits per heavy atom. The van der Waals surface area contributed by atoms with Crippen LogP contribution in [0.5, 0.6) is 0 Å². The first-order valence-corrected chi connectivity index (χ1v) is 6.00. The standard InChI is InChI=1S/C7H13IN2S/c1-5(10-6(2)8)7-9-3-4-11-7/h5-6,10H,3-4H2,1-2H3/t5-,6?/m1/s1. The van der Waals surface area contributed by atoms with E-state index in [2.05, 4.69) is 46.7 Å². The minimum absolute atomic E-state index is 0.439. The van der Waals surface area contributed by atoms with Crippen molar-refractivity contribution in [2.24, 2.45) is 4.99 Å². The molecule has 0 saturated carbocycles. The van der Waals surface area contributed by atoms with E-state index in [1.807, 2.05) is 11.8 Å². The van der Waals surface area contributed by atoms with Crippen molar-refractivity contribution in [1.82, 2.24) is 5.32 Å². The van der Waals surface area contributed by atoms with Gasteiger partial charge in [-0.05, 0) is 13.8 Å². The van der Waals surface area contributed by atoms with E-state index in [1.54, 1.807) is 0 Å². The zero-order valence-corrected chi connectivity index (χ0v) is 9.78. The number of thioether (sulfide) groups is 1. The molecule has 0 aromatic heterocycles. The first-order chi connectivity index (χ1) is 5.20. The van der Waals surface area contributed by atoms with Crippen LogP contribution in [0.25, 0.3) is 0 Å². The Labute approximate surface area is 85.8 Å². The number of hydrogen-bond donors (Lipinski definition) is 1. The summed E-state index contributed by atoms with van der Waals surface area (Å²) in [6.45, 7) is 5.32. The molecule has 1 aliphatic rings. The number of aliphatic imine (C=N–C) groups is 1. The first-order valence-electron chi connectivity index (χ1n) is 3.77. The Kier molecular flexibility index (Phi) is 4.16. The fourth-order valence-electron chi connectivity index (χ4n) is 1.03. The SMILES string of the molecule is CC(I)N[C@H](C)C1=NCCS1. The third-order valence-electron chi connectivity index (χ3n) is 1.46. The van der Waals surface area contributed by atoms with E-state index in [0.29, 0.717) is 10.1 Å². The van der Waals surface area contributed by atoms with Gasteiger partial charge in [0.05, 0.1) is 15.1 Å². The van der Waals surface area contributed by atoms with Crippen LogP contribution in [0.3, 0.4) is 0 Å². The molecule has 2 nitrogen and oxygen atoms in total. The quantitative estimate of drug-likeness (QED) is 0.486. The molecule has 0 aromatic carbocycles. The predicted octanol–water partition coefficient (Wildman–Crippen LogP) is 1.89. The summed E-state index contributed by atoms with van der Waals surface area (Å²) >= 11 is 4.25. The molecule has 0 spiro atoms. The normalized spacial score (nSPS) is 23.0. The molecule has 64 valence electrons. The summed E-state index contributed by atoms with van der Waals surface area (Å²) < 4.78 is 0.520. The highest BCUT2D eigenvalue weighted by Crippen LogP contribution is 2.15. The molecule has 0 fully saturated rings. The number of halogens is 1. The number of hydrogen-bond acceptors (Lipinski definition) is 3. The molecule has 1 N–H and O–H groups in total. The molecule has 0 radical (unpaired) electrons. The fraction of sp³-hybridized carbons (Fsp3) is 0.857. The van der Waals surface area contributed by atoms with Gasteiger partial charge in [0.2, 0.25) is 0 Å². The second-order valence-corrected chi connectivity index (χ2v) is 5.56. The van der Waals surface area contributed by atoms with Gasteiger partial charge in [0.1, 0.15) is 0 Å².